The van der Waals surface area contributed by atoms with Crippen molar-refractivity contribution in [3.8, 4) is 11.1 Å². The van der Waals surface area contributed by atoms with Gasteiger partial charge in [0, 0.05) is 42.4 Å². The highest BCUT2D eigenvalue weighted by Crippen LogP contribution is 2.36. The zero-order valence-electron chi connectivity index (χ0n) is 14.7. The fourth-order valence-corrected chi connectivity index (χ4v) is 2.92. The Bertz CT molecular complexity index is 737. The number of benzene rings is 2. The number of anilines is 3. The Morgan fingerprint density at radius 3 is 2.31 bits per heavy atom. The van der Waals surface area contributed by atoms with E-state index in [4.69, 9.17) is 16.6 Å². The molecule has 1 unspecified atom stereocenters. The monoisotopic (exact) mass is 361 g/mol. The highest BCUT2D eigenvalue weighted by atomic mass is 16.3. The summed E-state index contributed by atoms with van der Waals surface area (Å²) in [6.07, 6.45) is -0.0715. The second kappa shape index (κ2) is 9.40. The van der Waals surface area contributed by atoms with Gasteiger partial charge in [-0.2, -0.15) is 0 Å². The SMILES string of the molecule is Nc1ccc(NCC(O)CO)c(-c2ccc(CCO)c(N)c2CCO)c1. The van der Waals surface area contributed by atoms with Crippen LogP contribution in [0.15, 0.2) is 30.3 Å². The van der Waals surface area contributed by atoms with Crippen molar-refractivity contribution in [3.63, 3.8) is 0 Å². The van der Waals surface area contributed by atoms with Crippen LogP contribution in [0.2, 0.25) is 0 Å². The molecule has 7 nitrogen and oxygen atoms in total. The molecule has 0 fully saturated rings. The Labute approximate surface area is 152 Å². The maximum Gasteiger partial charge on any atom is 0.0942 e. The zero-order valence-corrected chi connectivity index (χ0v) is 14.7. The number of rotatable bonds is 9. The lowest BCUT2D eigenvalue weighted by molar-refractivity contribution is 0.105. The molecular weight excluding hydrogens is 334 g/mol. The van der Waals surface area contributed by atoms with E-state index in [9.17, 15) is 15.3 Å². The maximum atomic E-state index is 9.60. The quantitative estimate of drug-likeness (QED) is 0.319. The van der Waals surface area contributed by atoms with Crippen LogP contribution in [0.3, 0.4) is 0 Å². The molecule has 0 aliphatic rings. The van der Waals surface area contributed by atoms with Crippen LogP contribution in [0.1, 0.15) is 11.1 Å². The van der Waals surface area contributed by atoms with Crippen molar-refractivity contribution in [3.05, 3.63) is 41.5 Å². The highest BCUT2D eigenvalue weighted by Gasteiger charge is 2.15. The number of nitrogens with two attached hydrogens (primary N) is 2. The number of nitrogens with one attached hydrogen (secondary N) is 1. The van der Waals surface area contributed by atoms with Crippen molar-refractivity contribution in [2.45, 2.75) is 18.9 Å². The van der Waals surface area contributed by atoms with Crippen molar-refractivity contribution in [1.82, 2.24) is 0 Å². The minimum absolute atomic E-state index is 0.00769. The molecule has 1 atom stereocenters. The molecule has 0 heterocycles. The Morgan fingerprint density at radius 2 is 1.65 bits per heavy atom. The van der Waals surface area contributed by atoms with Crippen LogP contribution in [-0.4, -0.2) is 52.9 Å². The summed E-state index contributed by atoms with van der Waals surface area (Å²) in [5.74, 6) is 0. The topological polar surface area (TPSA) is 145 Å². The molecule has 0 aliphatic heterocycles. The summed E-state index contributed by atoms with van der Waals surface area (Å²) >= 11 is 0. The Balaban J connectivity index is 2.52. The van der Waals surface area contributed by atoms with Crippen LogP contribution in [0.5, 0.6) is 0 Å². The lowest BCUT2D eigenvalue weighted by Crippen LogP contribution is -2.23. The van der Waals surface area contributed by atoms with E-state index in [1.807, 2.05) is 12.1 Å². The molecule has 0 saturated carbocycles. The molecule has 0 aromatic heterocycles. The van der Waals surface area contributed by atoms with E-state index >= 15 is 0 Å². The first-order valence-corrected chi connectivity index (χ1v) is 8.56. The first-order valence-electron chi connectivity index (χ1n) is 8.56. The van der Waals surface area contributed by atoms with Gasteiger partial charge in [-0.05, 0) is 47.7 Å². The zero-order chi connectivity index (χ0) is 19.1. The molecule has 26 heavy (non-hydrogen) atoms. The molecular formula is C19H27N3O4. The second-order valence-electron chi connectivity index (χ2n) is 6.13. The molecule has 9 N–H and O–H groups in total. The lowest BCUT2D eigenvalue weighted by atomic mass is 9.91. The molecule has 7 heteroatoms. The van der Waals surface area contributed by atoms with E-state index in [0.717, 1.165) is 27.9 Å². The molecule has 0 saturated heterocycles. The number of hydrogen-bond acceptors (Lipinski definition) is 7. The summed E-state index contributed by atoms with van der Waals surface area (Å²) in [4.78, 5) is 0. The molecule has 0 aliphatic carbocycles. The standard InChI is InChI=1S/C19H27N3O4/c20-13-2-4-18(22-10-14(26)11-25)17(9-13)15-3-1-12(5-7-23)19(21)16(15)6-8-24/h1-4,9,14,22-26H,5-8,10-11,20-21H2. The van der Waals surface area contributed by atoms with E-state index in [-0.39, 0.29) is 26.4 Å². The Hall–Kier alpha value is -2.32. The van der Waals surface area contributed by atoms with Crippen molar-refractivity contribution in [2.75, 3.05) is 43.1 Å². The number of hydrogen-bond donors (Lipinski definition) is 7. The van der Waals surface area contributed by atoms with Crippen molar-refractivity contribution in [1.29, 1.82) is 0 Å². The van der Waals surface area contributed by atoms with Crippen LogP contribution in [0.4, 0.5) is 17.1 Å². The third-order valence-corrected chi connectivity index (χ3v) is 4.26. The molecule has 0 amide bonds. The van der Waals surface area contributed by atoms with Crippen LogP contribution in [0, 0.1) is 0 Å². The van der Waals surface area contributed by atoms with Crippen molar-refractivity contribution < 1.29 is 20.4 Å². The summed E-state index contributed by atoms with van der Waals surface area (Å²) in [6, 6.07) is 9.10. The van der Waals surface area contributed by atoms with Crippen LogP contribution in [-0.2, 0) is 12.8 Å². The van der Waals surface area contributed by atoms with Crippen LogP contribution >= 0.6 is 0 Å². The average Bonchev–Trinajstić information content (AvgIpc) is 2.64. The summed E-state index contributed by atoms with van der Waals surface area (Å²) in [6.45, 7) is -0.225. The molecule has 0 bridgehead atoms. The van der Waals surface area contributed by atoms with E-state index in [2.05, 4.69) is 5.32 Å². The van der Waals surface area contributed by atoms with Gasteiger partial charge in [0.1, 0.15) is 0 Å². The predicted octanol–water partition coefficient (Wildman–Crippen LogP) is 0.353. The molecule has 142 valence electrons. The number of aliphatic hydroxyl groups excluding tert-OH is 4. The summed E-state index contributed by atoms with van der Waals surface area (Å²) in [5.41, 5.74) is 17.3. The van der Waals surface area contributed by atoms with Gasteiger partial charge in [-0.3, -0.25) is 0 Å². The van der Waals surface area contributed by atoms with Crippen molar-refractivity contribution in [2.24, 2.45) is 0 Å². The first-order chi connectivity index (χ1) is 12.5. The molecule has 2 aromatic carbocycles. The minimum Gasteiger partial charge on any atom is -0.399 e. The van der Waals surface area contributed by atoms with Crippen molar-refractivity contribution >= 4 is 17.1 Å². The number of nitrogen functional groups attached to an aromatic ring is 2. The largest absolute Gasteiger partial charge is 0.399 e. The van der Waals surface area contributed by atoms with Gasteiger partial charge in [-0.1, -0.05) is 12.1 Å². The van der Waals surface area contributed by atoms with Gasteiger partial charge in [-0.25, -0.2) is 0 Å². The smallest absolute Gasteiger partial charge is 0.0942 e. The average molecular weight is 361 g/mol. The normalized spacial score (nSPS) is 12.2. The van der Waals surface area contributed by atoms with Crippen LogP contribution < -0.4 is 16.8 Å². The lowest BCUT2D eigenvalue weighted by Gasteiger charge is -2.20. The third-order valence-electron chi connectivity index (χ3n) is 4.26. The van der Waals surface area contributed by atoms with Gasteiger partial charge in [0.15, 0.2) is 0 Å². The Morgan fingerprint density at radius 1 is 0.923 bits per heavy atom. The fraction of sp³-hybridized carbons (Fsp3) is 0.368. The third kappa shape index (κ3) is 4.64. The fourth-order valence-electron chi connectivity index (χ4n) is 2.92. The van der Waals surface area contributed by atoms with E-state index in [1.165, 1.54) is 0 Å². The summed E-state index contributed by atoms with van der Waals surface area (Å²) in [7, 11) is 0. The summed E-state index contributed by atoms with van der Waals surface area (Å²) < 4.78 is 0. The molecule has 0 spiro atoms. The van der Waals surface area contributed by atoms with Gasteiger partial charge in [-0.15, -0.1) is 0 Å². The van der Waals surface area contributed by atoms with E-state index in [0.29, 0.717) is 24.2 Å². The molecule has 2 aromatic rings. The molecule has 2 rings (SSSR count). The van der Waals surface area contributed by atoms with Gasteiger partial charge < -0.3 is 37.2 Å². The van der Waals surface area contributed by atoms with Gasteiger partial charge in [0.05, 0.1) is 12.7 Å². The van der Waals surface area contributed by atoms with Gasteiger partial charge in [0.2, 0.25) is 0 Å². The number of aliphatic hydroxyl groups is 4. The van der Waals surface area contributed by atoms with E-state index < -0.39 is 6.10 Å². The van der Waals surface area contributed by atoms with Gasteiger partial charge >= 0.3 is 0 Å². The van der Waals surface area contributed by atoms with Gasteiger partial charge in [0.25, 0.3) is 0 Å². The van der Waals surface area contributed by atoms with E-state index in [1.54, 1.807) is 18.2 Å². The predicted molar refractivity (Wildman–Crippen MR) is 104 cm³/mol. The molecule has 0 radical (unpaired) electrons. The Kier molecular flexibility index (Phi) is 7.23. The maximum absolute atomic E-state index is 9.60. The van der Waals surface area contributed by atoms with Crippen LogP contribution in [0.25, 0.3) is 11.1 Å². The highest BCUT2D eigenvalue weighted by molar-refractivity contribution is 5.85. The first kappa shape index (κ1) is 20.0. The summed E-state index contributed by atoms with van der Waals surface area (Å²) in [5, 5.41) is 40.4. The minimum atomic E-state index is -0.880. The second-order valence-corrected chi connectivity index (χ2v) is 6.13.